The van der Waals surface area contributed by atoms with E-state index < -0.39 is 18.5 Å². The van der Waals surface area contributed by atoms with E-state index in [1.165, 1.54) is 4.68 Å². The van der Waals surface area contributed by atoms with Crippen LogP contribution in [0.25, 0.3) is 10.8 Å². The van der Waals surface area contributed by atoms with E-state index in [0.29, 0.717) is 23.0 Å². The summed E-state index contributed by atoms with van der Waals surface area (Å²) in [6.45, 7) is 3.83. The van der Waals surface area contributed by atoms with E-state index in [9.17, 15) is 14.4 Å². The first-order chi connectivity index (χ1) is 14.4. The number of ether oxygens (including phenoxy) is 1. The van der Waals surface area contributed by atoms with Crippen molar-refractivity contribution in [3.05, 3.63) is 64.6 Å². The van der Waals surface area contributed by atoms with Crippen LogP contribution in [0.1, 0.15) is 24.3 Å². The molecular formula is C22H23N3O4S. The molecule has 0 fully saturated rings. The van der Waals surface area contributed by atoms with Gasteiger partial charge in [-0.2, -0.15) is 5.10 Å². The molecule has 0 spiro atoms. The maximum Gasteiger partial charge on any atom is 0.359 e. The average molecular weight is 426 g/mol. The molecule has 3 aromatic rings. The summed E-state index contributed by atoms with van der Waals surface area (Å²) < 4.78 is 6.46. The first-order valence-electron chi connectivity index (χ1n) is 9.50. The number of anilines is 1. The zero-order chi connectivity index (χ0) is 21.7. The molecule has 30 heavy (non-hydrogen) atoms. The summed E-state index contributed by atoms with van der Waals surface area (Å²) in [5.74, 6) is -1.04. The maximum atomic E-state index is 12.7. The Kier molecular flexibility index (Phi) is 6.89. The number of thioether (sulfide) groups is 1. The van der Waals surface area contributed by atoms with Crippen LogP contribution in [0.5, 0.6) is 0 Å². The quantitative estimate of drug-likeness (QED) is 0.460. The highest BCUT2D eigenvalue weighted by Gasteiger charge is 2.19. The second-order valence-electron chi connectivity index (χ2n) is 7.13. The van der Waals surface area contributed by atoms with Gasteiger partial charge in [0.25, 0.3) is 11.5 Å². The standard InChI is InChI=1S/C22H23N3O4S/c1-14(2)12-25-21(27)18-7-5-4-6-17(18)20(24-25)22(28)29-13-19(26)23-15-8-10-16(30-3)11-9-15/h4-11,14H,12-13H2,1-3H3,(H,23,26). The lowest BCUT2D eigenvalue weighted by atomic mass is 10.1. The van der Waals surface area contributed by atoms with Crippen LogP contribution in [-0.2, 0) is 16.1 Å². The molecule has 1 aromatic heterocycles. The fourth-order valence-electron chi connectivity index (χ4n) is 2.93. The molecule has 0 atom stereocenters. The van der Waals surface area contributed by atoms with Gasteiger partial charge in [-0.05, 0) is 42.5 Å². The van der Waals surface area contributed by atoms with Gasteiger partial charge in [0.15, 0.2) is 12.3 Å². The number of fused-ring (bicyclic) bond motifs is 1. The third-order valence-corrected chi connectivity index (χ3v) is 5.05. The van der Waals surface area contributed by atoms with E-state index in [2.05, 4.69) is 10.4 Å². The smallest absolute Gasteiger partial charge is 0.359 e. The summed E-state index contributed by atoms with van der Waals surface area (Å²) in [6, 6.07) is 14.1. The van der Waals surface area contributed by atoms with Gasteiger partial charge in [-0.25, -0.2) is 9.48 Å². The summed E-state index contributed by atoms with van der Waals surface area (Å²) in [5.41, 5.74) is 0.369. The highest BCUT2D eigenvalue weighted by atomic mass is 32.2. The molecule has 0 saturated carbocycles. The van der Waals surface area contributed by atoms with E-state index in [0.717, 1.165) is 4.90 Å². The number of nitrogens with one attached hydrogen (secondary N) is 1. The third kappa shape index (κ3) is 5.07. The topological polar surface area (TPSA) is 90.3 Å². The van der Waals surface area contributed by atoms with Gasteiger partial charge >= 0.3 is 5.97 Å². The summed E-state index contributed by atoms with van der Waals surface area (Å²) >= 11 is 1.60. The fourth-order valence-corrected chi connectivity index (χ4v) is 3.33. The molecule has 3 rings (SSSR count). The molecule has 0 aliphatic heterocycles. The first kappa shape index (κ1) is 21.6. The van der Waals surface area contributed by atoms with Crippen molar-refractivity contribution < 1.29 is 14.3 Å². The zero-order valence-corrected chi connectivity index (χ0v) is 17.9. The van der Waals surface area contributed by atoms with Crippen molar-refractivity contribution in [2.45, 2.75) is 25.3 Å². The Labute approximate surface area is 178 Å². The summed E-state index contributed by atoms with van der Waals surface area (Å²) in [6.07, 6.45) is 1.97. The maximum absolute atomic E-state index is 12.7. The minimum atomic E-state index is -0.753. The number of esters is 1. The molecule has 1 amide bonds. The highest BCUT2D eigenvalue weighted by Crippen LogP contribution is 2.18. The number of benzene rings is 2. The number of rotatable bonds is 7. The van der Waals surface area contributed by atoms with Crippen molar-refractivity contribution in [2.75, 3.05) is 18.2 Å². The highest BCUT2D eigenvalue weighted by molar-refractivity contribution is 7.98. The van der Waals surface area contributed by atoms with Crippen molar-refractivity contribution in [2.24, 2.45) is 5.92 Å². The lowest BCUT2D eigenvalue weighted by Crippen LogP contribution is -2.29. The molecule has 0 unspecified atom stereocenters. The van der Waals surface area contributed by atoms with Crippen LogP contribution in [0.2, 0.25) is 0 Å². The number of hydrogen-bond donors (Lipinski definition) is 1. The Morgan fingerprint density at radius 2 is 1.77 bits per heavy atom. The summed E-state index contributed by atoms with van der Waals surface area (Å²) in [5, 5.41) is 7.69. The van der Waals surface area contributed by atoms with E-state index in [1.54, 1.807) is 48.2 Å². The van der Waals surface area contributed by atoms with Gasteiger partial charge in [-0.3, -0.25) is 9.59 Å². The summed E-state index contributed by atoms with van der Waals surface area (Å²) in [7, 11) is 0. The van der Waals surface area contributed by atoms with Gasteiger partial charge in [0.05, 0.1) is 5.39 Å². The van der Waals surface area contributed by atoms with Crippen LogP contribution in [0, 0.1) is 5.92 Å². The largest absolute Gasteiger partial charge is 0.451 e. The number of carbonyl (C=O) groups is 2. The number of nitrogens with zero attached hydrogens (tertiary/aromatic N) is 2. The van der Waals surface area contributed by atoms with Crippen molar-refractivity contribution in [3.8, 4) is 0 Å². The van der Waals surface area contributed by atoms with Crippen LogP contribution in [0.15, 0.2) is 58.2 Å². The van der Waals surface area contributed by atoms with Gasteiger partial charge < -0.3 is 10.1 Å². The van der Waals surface area contributed by atoms with E-state index in [1.807, 2.05) is 32.2 Å². The monoisotopic (exact) mass is 425 g/mol. The Hall–Kier alpha value is -3.13. The van der Waals surface area contributed by atoms with Crippen molar-refractivity contribution >= 4 is 40.1 Å². The van der Waals surface area contributed by atoms with Gasteiger partial charge in [0.1, 0.15) is 0 Å². The zero-order valence-electron chi connectivity index (χ0n) is 17.0. The van der Waals surface area contributed by atoms with Crippen molar-refractivity contribution in [1.82, 2.24) is 9.78 Å². The van der Waals surface area contributed by atoms with Crippen LogP contribution >= 0.6 is 11.8 Å². The predicted molar refractivity (Wildman–Crippen MR) is 118 cm³/mol. The molecule has 0 aliphatic rings. The third-order valence-electron chi connectivity index (χ3n) is 4.31. The molecule has 2 aromatic carbocycles. The molecule has 1 heterocycles. The normalized spacial score (nSPS) is 10.9. The van der Waals surface area contributed by atoms with Gasteiger partial charge in [0, 0.05) is 22.5 Å². The number of carbonyl (C=O) groups excluding carboxylic acids is 2. The van der Waals surface area contributed by atoms with Gasteiger partial charge in [0.2, 0.25) is 0 Å². The average Bonchev–Trinajstić information content (AvgIpc) is 2.74. The van der Waals surface area contributed by atoms with E-state index in [4.69, 9.17) is 4.74 Å². The Morgan fingerprint density at radius 1 is 1.10 bits per heavy atom. The Balaban J connectivity index is 1.76. The second-order valence-corrected chi connectivity index (χ2v) is 8.01. The van der Waals surface area contributed by atoms with Crippen molar-refractivity contribution in [1.29, 1.82) is 0 Å². The SMILES string of the molecule is CSc1ccc(NC(=O)COC(=O)c2nn(CC(C)C)c(=O)c3ccccc23)cc1. The van der Waals surface area contributed by atoms with Crippen LogP contribution in [0.4, 0.5) is 5.69 Å². The van der Waals surface area contributed by atoms with E-state index >= 15 is 0 Å². The lowest BCUT2D eigenvalue weighted by Gasteiger charge is -2.12. The van der Waals surface area contributed by atoms with Crippen LogP contribution in [-0.4, -0.2) is 34.5 Å². The molecule has 8 heteroatoms. The minimum Gasteiger partial charge on any atom is -0.451 e. The van der Waals surface area contributed by atoms with Gasteiger partial charge in [-0.15, -0.1) is 11.8 Å². The first-order valence-corrected chi connectivity index (χ1v) is 10.7. The van der Waals surface area contributed by atoms with Crippen LogP contribution in [0.3, 0.4) is 0 Å². The van der Waals surface area contributed by atoms with Crippen LogP contribution < -0.4 is 10.9 Å². The predicted octanol–water partition coefficient (Wildman–Crippen LogP) is 3.57. The van der Waals surface area contributed by atoms with Gasteiger partial charge in [-0.1, -0.05) is 32.0 Å². The Morgan fingerprint density at radius 3 is 2.40 bits per heavy atom. The lowest BCUT2D eigenvalue weighted by molar-refractivity contribution is -0.119. The minimum absolute atomic E-state index is 0.0166. The van der Waals surface area contributed by atoms with E-state index in [-0.39, 0.29) is 17.2 Å². The summed E-state index contributed by atoms with van der Waals surface area (Å²) in [4.78, 5) is 38.5. The molecule has 156 valence electrons. The van der Waals surface area contributed by atoms with Crippen molar-refractivity contribution in [3.63, 3.8) is 0 Å². The number of hydrogen-bond acceptors (Lipinski definition) is 6. The molecule has 7 nitrogen and oxygen atoms in total. The molecular weight excluding hydrogens is 402 g/mol. The Bertz CT molecular complexity index is 1120. The molecule has 0 aliphatic carbocycles. The number of aromatic nitrogens is 2. The molecule has 0 saturated heterocycles. The number of amides is 1. The second kappa shape index (κ2) is 9.58. The fraction of sp³-hybridized carbons (Fsp3) is 0.273. The molecule has 0 radical (unpaired) electrons. The molecule has 1 N–H and O–H groups in total. The molecule has 0 bridgehead atoms.